The highest BCUT2D eigenvalue weighted by atomic mass is 32.1. The number of hydrogen-bond donors (Lipinski definition) is 1. The molecule has 0 aliphatic heterocycles. The number of phenolic OH excluding ortho intramolecular Hbond substituents is 1. The number of hydrogen-bond acceptors (Lipinski definition) is 5. The van der Waals surface area contributed by atoms with Crippen molar-refractivity contribution >= 4 is 16.3 Å². The lowest BCUT2D eigenvalue weighted by molar-refractivity contribution is 0.469. The van der Waals surface area contributed by atoms with Crippen LogP contribution in [0.4, 0.5) is 4.39 Å². The van der Waals surface area contributed by atoms with Crippen molar-refractivity contribution in [3.8, 4) is 16.3 Å². The smallest absolute Gasteiger partial charge is 0.234 e. The fraction of sp³-hybridized carbons (Fsp3) is 0. The molecule has 0 fully saturated rings. The Kier molecular flexibility index (Phi) is 1.87. The van der Waals surface area contributed by atoms with Gasteiger partial charge in [-0.25, -0.2) is 4.39 Å². The van der Waals surface area contributed by atoms with Crippen molar-refractivity contribution < 1.29 is 9.50 Å². The molecule has 1 N–H and O–H groups in total. The highest BCUT2D eigenvalue weighted by Crippen LogP contribution is 2.28. The Morgan fingerprint density at radius 3 is 3.00 bits per heavy atom. The molecule has 0 unspecified atom stereocenters. The molecule has 3 rings (SSSR count). The van der Waals surface area contributed by atoms with Crippen molar-refractivity contribution in [3.63, 3.8) is 0 Å². The summed E-state index contributed by atoms with van der Waals surface area (Å²) >= 11 is 1.23. The zero-order valence-corrected chi connectivity index (χ0v) is 8.65. The normalized spacial score (nSPS) is 11.1. The van der Waals surface area contributed by atoms with E-state index in [0.29, 0.717) is 15.5 Å². The molecule has 80 valence electrons. The second kappa shape index (κ2) is 3.24. The standard InChI is InChI=1S/C9H5FN4OS/c10-7-3-5(15)1-2-6(7)8-13-14-4-11-12-9(14)16-8/h1-4,15H. The molecule has 2 heterocycles. The Labute approximate surface area is 92.8 Å². The molecule has 2 aromatic heterocycles. The van der Waals surface area contributed by atoms with Crippen LogP contribution in [0.15, 0.2) is 24.5 Å². The van der Waals surface area contributed by atoms with E-state index in [4.69, 9.17) is 5.11 Å². The van der Waals surface area contributed by atoms with Gasteiger partial charge in [0.05, 0.1) is 0 Å². The van der Waals surface area contributed by atoms with Gasteiger partial charge in [0.15, 0.2) is 5.01 Å². The van der Waals surface area contributed by atoms with Crippen LogP contribution in [0.2, 0.25) is 0 Å². The van der Waals surface area contributed by atoms with Gasteiger partial charge in [0.1, 0.15) is 17.9 Å². The zero-order chi connectivity index (χ0) is 11.1. The van der Waals surface area contributed by atoms with Crippen LogP contribution in [0.25, 0.3) is 15.5 Å². The van der Waals surface area contributed by atoms with E-state index < -0.39 is 5.82 Å². The highest BCUT2D eigenvalue weighted by Gasteiger charge is 2.12. The molecule has 3 aromatic rings. The van der Waals surface area contributed by atoms with Gasteiger partial charge in [-0.2, -0.15) is 9.61 Å². The molecule has 0 radical (unpaired) electrons. The molecule has 0 saturated heterocycles. The summed E-state index contributed by atoms with van der Waals surface area (Å²) in [5.41, 5.74) is 0.341. The predicted octanol–water partition coefficient (Wildman–Crippen LogP) is 1.70. The van der Waals surface area contributed by atoms with Gasteiger partial charge in [0.2, 0.25) is 4.96 Å². The van der Waals surface area contributed by atoms with Crippen molar-refractivity contribution in [2.24, 2.45) is 0 Å². The minimum atomic E-state index is -0.509. The van der Waals surface area contributed by atoms with Crippen LogP contribution in [0.1, 0.15) is 0 Å². The van der Waals surface area contributed by atoms with Crippen molar-refractivity contribution in [2.75, 3.05) is 0 Å². The number of rotatable bonds is 1. The van der Waals surface area contributed by atoms with Crippen LogP contribution in [-0.2, 0) is 0 Å². The van der Waals surface area contributed by atoms with Crippen LogP contribution in [0.5, 0.6) is 5.75 Å². The molecular weight excluding hydrogens is 231 g/mol. The van der Waals surface area contributed by atoms with Crippen LogP contribution >= 0.6 is 11.3 Å². The van der Waals surface area contributed by atoms with Crippen LogP contribution in [0, 0.1) is 5.82 Å². The summed E-state index contributed by atoms with van der Waals surface area (Å²) in [7, 11) is 0. The molecule has 0 saturated carbocycles. The van der Waals surface area contributed by atoms with Gasteiger partial charge in [-0.1, -0.05) is 11.3 Å². The highest BCUT2D eigenvalue weighted by molar-refractivity contribution is 7.19. The number of aromatic nitrogens is 4. The van der Waals surface area contributed by atoms with E-state index >= 15 is 0 Å². The Bertz CT molecular complexity index is 634. The van der Waals surface area contributed by atoms with Gasteiger partial charge in [-0.3, -0.25) is 0 Å². The van der Waals surface area contributed by atoms with E-state index in [1.807, 2.05) is 0 Å². The number of halogens is 1. The van der Waals surface area contributed by atoms with E-state index in [9.17, 15) is 4.39 Å². The van der Waals surface area contributed by atoms with E-state index in [2.05, 4.69) is 15.3 Å². The van der Waals surface area contributed by atoms with Gasteiger partial charge in [0.25, 0.3) is 0 Å². The summed E-state index contributed by atoms with van der Waals surface area (Å²) < 4.78 is 15.0. The fourth-order valence-corrected chi connectivity index (χ4v) is 2.19. The van der Waals surface area contributed by atoms with E-state index in [0.717, 1.165) is 6.07 Å². The number of nitrogens with zero attached hydrogens (tertiary/aromatic N) is 4. The minimum Gasteiger partial charge on any atom is -0.508 e. The third-order valence-corrected chi connectivity index (χ3v) is 3.02. The molecule has 16 heavy (non-hydrogen) atoms. The lowest BCUT2D eigenvalue weighted by Crippen LogP contribution is -1.85. The average molecular weight is 236 g/mol. The van der Waals surface area contributed by atoms with Crippen LogP contribution in [0.3, 0.4) is 0 Å². The first-order valence-electron chi connectivity index (χ1n) is 4.40. The van der Waals surface area contributed by atoms with Crippen molar-refractivity contribution in [3.05, 3.63) is 30.3 Å². The zero-order valence-electron chi connectivity index (χ0n) is 7.83. The molecule has 0 spiro atoms. The molecule has 0 aliphatic carbocycles. The Morgan fingerprint density at radius 2 is 2.25 bits per heavy atom. The quantitative estimate of drug-likeness (QED) is 0.698. The summed E-state index contributed by atoms with van der Waals surface area (Å²) in [5.74, 6) is -0.616. The maximum absolute atomic E-state index is 13.5. The van der Waals surface area contributed by atoms with E-state index in [-0.39, 0.29) is 5.75 Å². The van der Waals surface area contributed by atoms with Gasteiger partial charge >= 0.3 is 0 Å². The third kappa shape index (κ3) is 1.33. The third-order valence-electron chi connectivity index (χ3n) is 2.07. The summed E-state index contributed by atoms with van der Waals surface area (Å²) in [6, 6.07) is 3.95. The number of benzene rings is 1. The largest absolute Gasteiger partial charge is 0.508 e. The second-order valence-corrected chi connectivity index (χ2v) is 4.09. The molecule has 0 amide bonds. The summed E-state index contributed by atoms with van der Waals surface area (Å²) in [6.45, 7) is 0. The molecule has 5 nitrogen and oxygen atoms in total. The monoisotopic (exact) mass is 236 g/mol. The molecule has 0 aliphatic rings. The minimum absolute atomic E-state index is 0.107. The first-order valence-corrected chi connectivity index (χ1v) is 5.21. The SMILES string of the molecule is Oc1ccc(-c2nn3cnnc3s2)c(F)c1. The molecule has 0 atom stereocenters. The number of phenols is 1. The average Bonchev–Trinajstić information content (AvgIpc) is 2.76. The maximum Gasteiger partial charge on any atom is 0.234 e. The summed E-state index contributed by atoms with van der Waals surface area (Å²) in [5, 5.41) is 21.2. The lowest BCUT2D eigenvalue weighted by Gasteiger charge is -1.98. The van der Waals surface area contributed by atoms with E-state index in [1.54, 1.807) is 0 Å². The van der Waals surface area contributed by atoms with Gasteiger partial charge in [-0.05, 0) is 12.1 Å². The van der Waals surface area contributed by atoms with Crippen LogP contribution in [-0.4, -0.2) is 24.9 Å². The van der Waals surface area contributed by atoms with Gasteiger partial charge in [-0.15, -0.1) is 10.2 Å². The molecule has 1 aromatic carbocycles. The number of aromatic hydroxyl groups is 1. The molecule has 7 heteroatoms. The maximum atomic E-state index is 13.5. The summed E-state index contributed by atoms with van der Waals surface area (Å²) in [6.07, 6.45) is 1.45. The molecular formula is C9H5FN4OS. The molecule has 0 bridgehead atoms. The van der Waals surface area contributed by atoms with Crippen molar-refractivity contribution in [2.45, 2.75) is 0 Å². The first-order chi connectivity index (χ1) is 7.74. The Balaban J connectivity index is 2.19. The fourth-order valence-electron chi connectivity index (χ4n) is 1.35. The van der Waals surface area contributed by atoms with E-state index in [1.165, 1.54) is 34.3 Å². The number of fused-ring (bicyclic) bond motifs is 1. The van der Waals surface area contributed by atoms with Crippen molar-refractivity contribution in [1.82, 2.24) is 19.8 Å². The second-order valence-electron chi connectivity index (χ2n) is 3.13. The topological polar surface area (TPSA) is 63.3 Å². The van der Waals surface area contributed by atoms with Crippen LogP contribution < -0.4 is 0 Å². The van der Waals surface area contributed by atoms with Crippen molar-refractivity contribution in [1.29, 1.82) is 0 Å². The predicted molar refractivity (Wildman–Crippen MR) is 55.7 cm³/mol. The first kappa shape index (κ1) is 9.22. The van der Waals surface area contributed by atoms with Gasteiger partial charge in [0, 0.05) is 11.6 Å². The van der Waals surface area contributed by atoms with Gasteiger partial charge < -0.3 is 5.11 Å². The summed E-state index contributed by atoms with van der Waals surface area (Å²) in [4.78, 5) is 0.600. The Morgan fingerprint density at radius 1 is 1.38 bits per heavy atom. The lowest BCUT2D eigenvalue weighted by atomic mass is 10.2. The Hall–Kier alpha value is -2.02.